The number of hydrogen-bond acceptors (Lipinski definition) is 4. The second kappa shape index (κ2) is 10.1. The van der Waals surface area contributed by atoms with Crippen molar-refractivity contribution < 1.29 is 24.2 Å². The van der Waals surface area contributed by atoms with Crippen molar-refractivity contribution in [2.24, 2.45) is 11.3 Å². The number of ether oxygens (including phenoxy) is 1. The summed E-state index contributed by atoms with van der Waals surface area (Å²) in [4.78, 5) is 37.4. The Labute approximate surface area is 206 Å². The lowest BCUT2D eigenvalue weighted by Crippen LogP contribution is -2.57. The van der Waals surface area contributed by atoms with Crippen LogP contribution >= 0.6 is 0 Å². The van der Waals surface area contributed by atoms with Gasteiger partial charge >= 0.3 is 12.1 Å². The number of carboxylic acids is 1. The normalized spacial score (nSPS) is 22.9. The molecule has 2 aliphatic carbocycles. The lowest BCUT2D eigenvalue weighted by Gasteiger charge is -2.41. The Morgan fingerprint density at radius 2 is 1.63 bits per heavy atom. The van der Waals surface area contributed by atoms with Gasteiger partial charge in [-0.1, -0.05) is 61.4 Å². The van der Waals surface area contributed by atoms with Gasteiger partial charge in [0, 0.05) is 18.0 Å². The summed E-state index contributed by atoms with van der Waals surface area (Å²) in [5.41, 5.74) is 3.78. The fourth-order valence-electron chi connectivity index (χ4n) is 5.33. The van der Waals surface area contributed by atoms with Gasteiger partial charge in [-0.15, -0.1) is 0 Å². The fourth-order valence-corrected chi connectivity index (χ4v) is 5.33. The molecule has 4 unspecified atom stereocenters. The van der Waals surface area contributed by atoms with E-state index in [9.17, 15) is 19.5 Å². The predicted octanol–water partition coefficient (Wildman–Crippen LogP) is 4.70. The Kier molecular flexibility index (Phi) is 7.15. The molecule has 186 valence electrons. The second-order valence-corrected chi connectivity index (χ2v) is 10.1. The molecule has 1 fully saturated rings. The van der Waals surface area contributed by atoms with Gasteiger partial charge in [0.05, 0.1) is 11.3 Å². The maximum Gasteiger partial charge on any atom is 0.407 e. The summed E-state index contributed by atoms with van der Waals surface area (Å²) in [7, 11) is 0. The Hall–Kier alpha value is -3.35. The van der Waals surface area contributed by atoms with Crippen LogP contribution in [0.3, 0.4) is 0 Å². The average Bonchev–Trinajstić information content (AvgIpc) is 3.17. The van der Waals surface area contributed by atoms with Crippen LogP contribution in [0, 0.1) is 11.3 Å². The van der Waals surface area contributed by atoms with Crippen LogP contribution in [0.2, 0.25) is 0 Å². The van der Waals surface area contributed by atoms with E-state index in [-0.39, 0.29) is 24.5 Å². The van der Waals surface area contributed by atoms with E-state index in [1.165, 1.54) is 11.1 Å². The zero-order chi connectivity index (χ0) is 25.2. The first-order valence-electron chi connectivity index (χ1n) is 12.4. The summed E-state index contributed by atoms with van der Waals surface area (Å²) >= 11 is 0. The van der Waals surface area contributed by atoms with Gasteiger partial charge in [-0.05, 0) is 55.9 Å². The molecule has 0 heterocycles. The minimum atomic E-state index is -0.958. The second-order valence-electron chi connectivity index (χ2n) is 10.1. The van der Waals surface area contributed by atoms with E-state index >= 15 is 0 Å². The van der Waals surface area contributed by atoms with E-state index in [2.05, 4.69) is 34.9 Å². The molecule has 7 heteroatoms. The van der Waals surface area contributed by atoms with Gasteiger partial charge in [0.25, 0.3) is 0 Å². The molecule has 2 aromatic carbocycles. The number of nitrogens with one attached hydrogen (secondary N) is 2. The van der Waals surface area contributed by atoms with Gasteiger partial charge in [0.2, 0.25) is 5.91 Å². The number of carbonyl (C=O) groups is 3. The number of amides is 2. The maximum atomic E-state index is 13.2. The highest BCUT2D eigenvalue weighted by molar-refractivity contribution is 5.85. The molecule has 2 aromatic rings. The number of carboxylic acid groups (broad SMARTS) is 1. The third-order valence-electron chi connectivity index (χ3n) is 7.86. The van der Waals surface area contributed by atoms with Crippen molar-refractivity contribution >= 4 is 18.0 Å². The molecule has 3 N–H and O–H groups in total. The smallest absolute Gasteiger partial charge is 0.407 e. The maximum absolute atomic E-state index is 13.2. The molecule has 4 rings (SSSR count). The molecular weight excluding hydrogens is 444 g/mol. The summed E-state index contributed by atoms with van der Waals surface area (Å²) < 4.78 is 5.71. The van der Waals surface area contributed by atoms with Crippen LogP contribution in [0.4, 0.5) is 4.79 Å². The standard InChI is InChI=1S/C28H34N2O5/c1-17(25(31)32)18(2)29-26(33)28(3)15-9-8-14-24(28)30-27(34)35-16-23-21-12-6-4-10-19(21)20-11-5-7-13-22(20)23/h4-7,10-13,17-18,23-24H,8-9,14-16H2,1-3H3,(H,29,33)(H,30,34)(H,31,32). The lowest BCUT2D eigenvalue weighted by molar-refractivity contribution is -0.143. The van der Waals surface area contributed by atoms with Crippen LogP contribution in [0.1, 0.15) is 63.5 Å². The number of alkyl carbamates (subject to hydrolysis) is 1. The molecule has 0 spiro atoms. The van der Waals surface area contributed by atoms with Gasteiger partial charge in [-0.3, -0.25) is 9.59 Å². The highest BCUT2D eigenvalue weighted by atomic mass is 16.5. The van der Waals surface area contributed by atoms with Crippen LogP contribution in [0.15, 0.2) is 48.5 Å². The summed E-state index contributed by atoms with van der Waals surface area (Å²) in [5, 5.41) is 15.1. The van der Waals surface area contributed by atoms with E-state index in [4.69, 9.17) is 4.74 Å². The van der Waals surface area contributed by atoms with Gasteiger partial charge in [-0.2, -0.15) is 0 Å². The average molecular weight is 479 g/mol. The van der Waals surface area contributed by atoms with Crippen molar-refractivity contribution in [3.63, 3.8) is 0 Å². The van der Waals surface area contributed by atoms with Gasteiger partial charge < -0.3 is 20.5 Å². The Morgan fingerprint density at radius 3 is 2.23 bits per heavy atom. The Bertz CT molecular complexity index is 1070. The van der Waals surface area contributed by atoms with Crippen LogP contribution in [0.5, 0.6) is 0 Å². The van der Waals surface area contributed by atoms with Crippen LogP contribution in [-0.4, -0.2) is 41.8 Å². The third kappa shape index (κ3) is 4.90. The molecule has 35 heavy (non-hydrogen) atoms. The van der Waals surface area contributed by atoms with Crippen molar-refractivity contribution in [1.82, 2.24) is 10.6 Å². The van der Waals surface area contributed by atoms with Gasteiger partial charge in [0.15, 0.2) is 0 Å². The van der Waals surface area contributed by atoms with E-state index in [0.717, 1.165) is 24.0 Å². The molecular formula is C28H34N2O5. The molecule has 7 nitrogen and oxygen atoms in total. The summed E-state index contributed by atoms with van der Waals surface area (Å²) in [6.45, 7) is 5.32. The van der Waals surface area contributed by atoms with Crippen molar-refractivity contribution in [2.75, 3.05) is 6.61 Å². The number of fused-ring (bicyclic) bond motifs is 3. The lowest BCUT2D eigenvalue weighted by atomic mass is 9.70. The van der Waals surface area contributed by atoms with Gasteiger partial charge in [0.1, 0.15) is 6.61 Å². The molecule has 4 atom stereocenters. The highest BCUT2D eigenvalue weighted by Gasteiger charge is 2.45. The largest absolute Gasteiger partial charge is 0.481 e. The van der Waals surface area contributed by atoms with Crippen molar-refractivity contribution in [1.29, 1.82) is 0 Å². The zero-order valence-corrected chi connectivity index (χ0v) is 20.5. The molecule has 0 saturated heterocycles. The SMILES string of the molecule is CC(NC(=O)C1(C)CCCCC1NC(=O)OCC1c2ccccc2-c2ccccc21)C(C)C(=O)O. The first-order valence-corrected chi connectivity index (χ1v) is 12.4. The number of benzene rings is 2. The van der Waals surface area contributed by atoms with E-state index in [1.807, 2.05) is 31.2 Å². The highest BCUT2D eigenvalue weighted by Crippen LogP contribution is 2.44. The number of aliphatic carboxylic acids is 1. The van der Waals surface area contributed by atoms with Crippen molar-refractivity contribution in [3.05, 3.63) is 59.7 Å². The minimum absolute atomic E-state index is 0.0347. The third-order valence-corrected chi connectivity index (χ3v) is 7.86. The molecule has 0 aromatic heterocycles. The number of carbonyl (C=O) groups excluding carboxylic acids is 2. The Morgan fingerprint density at radius 1 is 1.03 bits per heavy atom. The van der Waals surface area contributed by atoms with Crippen LogP contribution in [0.25, 0.3) is 11.1 Å². The minimum Gasteiger partial charge on any atom is -0.481 e. The van der Waals surface area contributed by atoms with Crippen LogP contribution in [-0.2, 0) is 14.3 Å². The summed E-state index contributed by atoms with van der Waals surface area (Å²) in [5.74, 6) is -1.94. The fraction of sp³-hybridized carbons (Fsp3) is 0.464. The molecule has 0 radical (unpaired) electrons. The van der Waals surface area contributed by atoms with Crippen molar-refractivity contribution in [2.45, 2.75) is 64.5 Å². The van der Waals surface area contributed by atoms with E-state index < -0.39 is 29.4 Å². The van der Waals surface area contributed by atoms with E-state index in [0.29, 0.717) is 12.8 Å². The summed E-state index contributed by atoms with van der Waals surface area (Å²) in [6.07, 6.45) is 2.51. The quantitative estimate of drug-likeness (QED) is 0.535. The molecule has 2 amide bonds. The molecule has 0 bridgehead atoms. The van der Waals surface area contributed by atoms with Crippen LogP contribution < -0.4 is 10.6 Å². The first kappa shape index (κ1) is 24.8. The summed E-state index contributed by atoms with van der Waals surface area (Å²) in [6, 6.07) is 15.4. The van der Waals surface area contributed by atoms with Gasteiger partial charge in [-0.25, -0.2) is 4.79 Å². The zero-order valence-electron chi connectivity index (χ0n) is 20.5. The Balaban J connectivity index is 1.42. The topological polar surface area (TPSA) is 105 Å². The molecule has 0 aliphatic heterocycles. The predicted molar refractivity (Wildman–Crippen MR) is 133 cm³/mol. The number of rotatable bonds is 7. The van der Waals surface area contributed by atoms with Crippen molar-refractivity contribution in [3.8, 4) is 11.1 Å². The molecule has 1 saturated carbocycles. The number of hydrogen-bond donors (Lipinski definition) is 3. The first-order chi connectivity index (χ1) is 16.7. The molecule has 2 aliphatic rings. The van der Waals surface area contributed by atoms with E-state index in [1.54, 1.807) is 13.8 Å². The monoisotopic (exact) mass is 478 g/mol.